The van der Waals surface area contributed by atoms with Gasteiger partial charge in [-0.2, -0.15) is 5.26 Å². The monoisotopic (exact) mass is 360 g/mol. The van der Waals surface area contributed by atoms with Crippen LogP contribution in [0.1, 0.15) is 28.7 Å². The lowest BCUT2D eigenvalue weighted by Gasteiger charge is -2.14. The number of nitrogens with zero attached hydrogens (tertiary/aromatic N) is 3. The summed E-state index contributed by atoms with van der Waals surface area (Å²) in [6.45, 7) is 2.84. The number of aromatic nitrogens is 2. The van der Waals surface area contributed by atoms with Crippen molar-refractivity contribution in [1.82, 2.24) is 14.9 Å². The first-order chi connectivity index (χ1) is 13.2. The van der Waals surface area contributed by atoms with Gasteiger partial charge in [0.05, 0.1) is 17.9 Å². The number of carbonyl (C=O) groups excluding carboxylic acids is 1. The molecule has 1 N–H and O–H groups in total. The SMILES string of the molecule is CCOc1ccccc1-n1ccc(C#N)c1C(=O)NCCc1ccccn1. The Balaban J connectivity index is 1.84. The Morgan fingerprint density at radius 3 is 2.78 bits per heavy atom. The van der Waals surface area contributed by atoms with E-state index in [2.05, 4.69) is 16.4 Å². The molecule has 1 amide bonds. The van der Waals surface area contributed by atoms with Crippen molar-refractivity contribution in [3.8, 4) is 17.5 Å². The van der Waals surface area contributed by atoms with E-state index >= 15 is 0 Å². The summed E-state index contributed by atoms with van der Waals surface area (Å²) >= 11 is 0. The van der Waals surface area contributed by atoms with Crippen molar-refractivity contribution in [1.29, 1.82) is 5.26 Å². The second-order valence-corrected chi connectivity index (χ2v) is 5.79. The largest absolute Gasteiger partial charge is 0.492 e. The van der Waals surface area contributed by atoms with Crippen molar-refractivity contribution in [2.75, 3.05) is 13.2 Å². The summed E-state index contributed by atoms with van der Waals surface area (Å²) < 4.78 is 7.36. The van der Waals surface area contributed by atoms with Gasteiger partial charge in [0, 0.05) is 31.1 Å². The highest BCUT2D eigenvalue weighted by Crippen LogP contribution is 2.26. The third-order valence-electron chi connectivity index (χ3n) is 4.04. The van der Waals surface area contributed by atoms with Crippen LogP contribution in [0.15, 0.2) is 60.9 Å². The Morgan fingerprint density at radius 1 is 1.22 bits per heavy atom. The molecule has 0 atom stereocenters. The maximum atomic E-state index is 12.8. The molecular formula is C21H20N4O2. The van der Waals surface area contributed by atoms with Gasteiger partial charge in [-0.3, -0.25) is 9.78 Å². The van der Waals surface area contributed by atoms with E-state index < -0.39 is 0 Å². The van der Waals surface area contributed by atoms with E-state index in [-0.39, 0.29) is 5.91 Å². The Bertz CT molecular complexity index is 958. The van der Waals surface area contributed by atoms with Crippen LogP contribution >= 0.6 is 0 Å². The van der Waals surface area contributed by atoms with E-state index in [0.29, 0.717) is 36.6 Å². The van der Waals surface area contributed by atoms with E-state index in [1.54, 1.807) is 23.0 Å². The molecule has 0 aliphatic carbocycles. The average molecular weight is 360 g/mol. The molecule has 6 heteroatoms. The van der Waals surface area contributed by atoms with Gasteiger partial charge >= 0.3 is 0 Å². The van der Waals surface area contributed by atoms with Crippen molar-refractivity contribution in [3.63, 3.8) is 0 Å². The van der Waals surface area contributed by atoms with E-state index in [4.69, 9.17) is 4.74 Å². The van der Waals surface area contributed by atoms with Gasteiger partial charge in [-0.1, -0.05) is 18.2 Å². The maximum Gasteiger partial charge on any atom is 0.269 e. The lowest BCUT2D eigenvalue weighted by atomic mass is 10.2. The summed E-state index contributed by atoms with van der Waals surface area (Å²) in [6.07, 6.45) is 4.05. The van der Waals surface area contributed by atoms with Crippen LogP contribution in [0.2, 0.25) is 0 Å². The van der Waals surface area contributed by atoms with Gasteiger partial charge in [-0.05, 0) is 37.3 Å². The smallest absolute Gasteiger partial charge is 0.269 e. The lowest BCUT2D eigenvalue weighted by molar-refractivity contribution is 0.0947. The molecule has 2 heterocycles. The Hall–Kier alpha value is -3.59. The maximum absolute atomic E-state index is 12.8. The minimum atomic E-state index is -0.307. The minimum Gasteiger partial charge on any atom is -0.492 e. The molecule has 0 spiro atoms. The van der Waals surface area contributed by atoms with Crippen LogP contribution in [-0.4, -0.2) is 28.6 Å². The molecule has 0 aliphatic rings. The Morgan fingerprint density at radius 2 is 2.04 bits per heavy atom. The molecule has 136 valence electrons. The van der Waals surface area contributed by atoms with Crippen LogP contribution in [0.5, 0.6) is 5.75 Å². The molecule has 0 bridgehead atoms. The van der Waals surface area contributed by atoms with Crippen molar-refractivity contribution >= 4 is 5.91 Å². The quantitative estimate of drug-likeness (QED) is 0.702. The lowest BCUT2D eigenvalue weighted by Crippen LogP contribution is -2.28. The van der Waals surface area contributed by atoms with Gasteiger partial charge in [0.15, 0.2) is 0 Å². The number of para-hydroxylation sites is 2. The molecule has 3 rings (SSSR count). The van der Waals surface area contributed by atoms with Crippen LogP contribution < -0.4 is 10.1 Å². The third kappa shape index (κ3) is 4.15. The fraction of sp³-hybridized carbons (Fsp3) is 0.190. The number of rotatable bonds is 7. The number of carbonyl (C=O) groups is 1. The van der Waals surface area contributed by atoms with E-state index in [1.807, 2.05) is 49.4 Å². The normalized spacial score (nSPS) is 10.2. The van der Waals surface area contributed by atoms with Gasteiger partial charge in [0.2, 0.25) is 0 Å². The molecule has 0 radical (unpaired) electrons. The van der Waals surface area contributed by atoms with Crippen LogP contribution in [0.3, 0.4) is 0 Å². The topological polar surface area (TPSA) is 79.9 Å². The number of hydrogen-bond acceptors (Lipinski definition) is 4. The molecule has 1 aromatic carbocycles. The summed E-state index contributed by atoms with van der Waals surface area (Å²) in [5.74, 6) is 0.349. The highest BCUT2D eigenvalue weighted by molar-refractivity contribution is 5.96. The fourth-order valence-electron chi connectivity index (χ4n) is 2.82. The van der Waals surface area contributed by atoms with Crippen LogP contribution in [0, 0.1) is 11.3 Å². The number of nitriles is 1. The Labute approximate surface area is 158 Å². The molecule has 27 heavy (non-hydrogen) atoms. The zero-order chi connectivity index (χ0) is 19.1. The standard InChI is InChI=1S/C21H20N4O2/c1-2-27-19-9-4-3-8-18(19)25-14-11-16(15-22)20(25)21(26)24-13-10-17-7-5-6-12-23-17/h3-9,11-12,14H,2,10,13H2,1H3,(H,24,26). The van der Waals surface area contributed by atoms with Crippen molar-refractivity contribution < 1.29 is 9.53 Å². The van der Waals surface area contributed by atoms with Crippen LogP contribution in [0.25, 0.3) is 5.69 Å². The number of nitrogens with one attached hydrogen (secondary N) is 1. The van der Waals surface area contributed by atoms with Gasteiger partial charge in [0.1, 0.15) is 17.5 Å². The Kier molecular flexibility index (Phi) is 5.85. The van der Waals surface area contributed by atoms with Crippen LogP contribution in [-0.2, 0) is 6.42 Å². The highest BCUT2D eigenvalue weighted by Gasteiger charge is 2.19. The van der Waals surface area contributed by atoms with Crippen molar-refractivity contribution in [3.05, 3.63) is 77.9 Å². The molecule has 0 saturated heterocycles. The number of benzene rings is 1. The first-order valence-electron chi connectivity index (χ1n) is 8.76. The van der Waals surface area contributed by atoms with E-state index in [9.17, 15) is 10.1 Å². The zero-order valence-electron chi connectivity index (χ0n) is 15.1. The van der Waals surface area contributed by atoms with Gasteiger partial charge < -0.3 is 14.6 Å². The number of pyridine rings is 1. The second kappa shape index (κ2) is 8.68. The second-order valence-electron chi connectivity index (χ2n) is 5.79. The van der Waals surface area contributed by atoms with Gasteiger partial charge in [0.25, 0.3) is 5.91 Å². The van der Waals surface area contributed by atoms with Crippen LogP contribution in [0.4, 0.5) is 0 Å². The number of ether oxygens (including phenoxy) is 1. The first kappa shape index (κ1) is 18.2. The zero-order valence-corrected chi connectivity index (χ0v) is 15.1. The predicted octanol–water partition coefficient (Wildman–Crippen LogP) is 3.12. The number of hydrogen-bond donors (Lipinski definition) is 1. The van der Waals surface area contributed by atoms with Crippen molar-refractivity contribution in [2.45, 2.75) is 13.3 Å². The molecule has 0 unspecified atom stereocenters. The molecule has 6 nitrogen and oxygen atoms in total. The van der Waals surface area contributed by atoms with Gasteiger partial charge in [-0.15, -0.1) is 0 Å². The predicted molar refractivity (Wildman–Crippen MR) is 102 cm³/mol. The molecule has 0 saturated carbocycles. The molecule has 0 aliphatic heterocycles. The number of amides is 1. The summed E-state index contributed by atoms with van der Waals surface area (Å²) in [5.41, 5.74) is 2.23. The molecule has 2 aromatic heterocycles. The van der Waals surface area contributed by atoms with Gasteiger partial charge in [-0.25, -0.2) is 0 Å². The first-order valence-corrected chi connectivity index (χ1v) is 8.76. The summed E-state index contributed by atoms with van der Waals surface area (Å²) in [4.78, 5) is 17.0. The summed E-state index contributed by atoms with van der Waals surface area (Å²) in [6, 6.07) is 16.8. The van der Waals surface area contributed by atoms with Crippen molar-refractivity contribution in [2.24, 2.45) is 0 Å². The van der Waals surface area contributed by atoms with E-state index in [0.717, 1.165) is 11.4 Å². The average Bonchev–Trinajstić information content (AvgIpc) is 3.13. The third-order valence-corrected chi connectivity index (χ3v) is 4.04. The molecular weight excluding hydrogens is 340 g/mol. The highest BCUT2D eigenvalue weighted by atomic mass is 16.5. The summed E-state index contributed by atoms with van der Waals surface area (Å²) in [7, 11) is 0. The minimum absolute atomic E-state index is 0.297. The summed E-state index contributed by atoms with van der Waals surface area (Å²) in [5, 5.41) is 12.3. The molecule has 3 aromatic rings. The fourth-order valence-corrected chi connectivity index (χ4v) is 2.82. The molecule has 0 fully saturated rings. The van der Waals surface area contributed by atoms with E-state index in [1.165, 1.54) is 0 Å².